The molecule has 2 aromatic rings. The Kier molecular flexibility index (Phi) is 3.00. The number of nitrogens with zero attached hydrogens (tertiary/aromatic N) is 4. The fraction of sp³-hybridized carbons (Fsp3) is 0.300. The summed E-state index contributed by atoms with van der Waals surface area (Å²) >= 11 is 5.06. The molecule has 2 rings (SSSR count). The molecule has 0 spiro atoms. The highest BCUT2D eigenvalue weighted by Crippen LogP contribution is 2.10. The van der Waals surface area contributed by atoms with Crippen LogP contribution in [0.15, 0.2) is 24.4 Å². The molecule has 0 radical (unpaired) electrons. The molecular formula is C10H13N5S. The van der Waals surface area contributed by atoms with Crippen molar-refractivity contribution in [1.29, 1.82) is 0 Å². The number of hydrogen-bond donors (Lipinski definition) is 1. The summed E-state index contributed by atoms with van der Waals surface area (Å²) in [6, 6.07) is 5.86. The molecule has 0 atom stereocenters. The number of pyridine rings is 1. The second kappa shape index (κ2) is 4.44. The van der Waals surface area contributed by atoms with Gasteiger partial charge in [0.1, 0.15) is 0 Å². The average Bonchev–Trinajstić information content (AvgIpc) is 2.61. The summed E-state index contributed by atoms with van der Waals surface area (Å²) in [7, 11) is 3.84. The number of aromatic amines is 1. The molecule has 0 unspecified atom stereocenters. The van der Waals surface area contributed by atoms with Crippen LogP contribution >= 0.6 is 12.2 Å². The molecule has 0 saturated carbocycles. The van der Waals surface area contributed by atoms with Gasteiger partial charge in [-0.2, -0.15) is 0 Å². The minimum absolute atomic E-state index is 0.614. The van der Waals surface area contributed by atoms with E-state index in [9.17, 15) is 0 Å². The average molecular weight is 235 g/mol. The summed E-state index contributed by atoms with van der Waals surface area (Å²) in [6.07, 6.45) is 1.78. The summed E-state index contributed by atoms with van der Waals surface area (Å²) in [6.45, 7) is 0.703. The predicted octanol–water partition coefficient (Wildman–Crippen LogP) is 1.51. The molecule has 0 aliphatic carbocycles. The van der Waals surface area contributed by atoms with Gasteiger partial charge >= 0.3 is 0 Å². The Hall–Kier alpha value is -1.69. The van der Waals surface area contributed by atoms with Crippen LogP contribution in [-0.4, -0.2) is 26.8 Å². The van der Waals surface area contributed by atoms with Crippen LogP contribution in [0.2, 0.25) is 0 Å². The highest BCUT2D eigenvalue weighted by Gasteiger charge is 2.08. The van der Waals surface area contributed by atoms with Gasteiger partial charge in [0.25, 0.3) is 0 Å². The van der Waals surface area contributed by atoms with Crippen molar-refractivity contribution in [3.63, 3.8) is 0 Å². The van der Waals surface area contributed by atoms with E-state index in [1.165, 1.54) is 0 Å². The maximum absolute atomic E-state index is 5.06. The minimum Gasteiger partial charge on any atom is -0.338 e. The third-order valence-corrected chi connectivity index (χ3v) is 2.69. The van der Waals surface area contributed by atoms with Crippen molar-refractivity contribution in [3.05, 3.63) is 34.9 Å². The van der Waals surface area contributed by atoms with E-state index in [2.05, 4.69) is 15.2 Å². The molecule has 2 aromatic heterocycles. The lowest BCUT2D eigenvalue weighted by Crippen LogP contribution is -2.20. The van der Waals surface area contributed by atoms with Crippen molar-refractivity contribution in [3.8, 4) is 0 Å². The molecule has 0 amide bonds. The number of aromatic nitrogens is 4. The third-order valence-electron chi connectivity index (χ3n) is 2.32. The lowest BCUT2D eigenvalue weighted by Gasteiger charge is -2.16. The van der Waals surface area contributed by atoms with Gasteiger partial charge in [0.2, 0.25) is 5.95 Å². The third kappa shape index (κ3) is 2.11. The summed E-state index contributed by atoms with van der Waals surface area (Å²) in [5, 5.41) is 6.91. The zero-order chi connectivity index (χ0) is 11.5. The molecule has 0 bridgehead atoms. The maximum Gasteiger partial charge on any atom is 0.225 e. The van der Waals surface area contributed by atoms with Gasteiger partial charge in [-0.25, -0.2) is 5.10 Å². The van der Waals surface area contributed by atoms with E-state index in [0.717, 1.165) is 11.6 Å². The molecular weight excluding hydrogens is 222 g/mol. The van der Waals surface area contributed by atoms with Crippen LogP contribution in [0.3, 0.4) is 0 Å². The Morgan fingerprint density at radius 1 is 1.50 bits per heavy atom. The van der Waals surface area contributed by atoms with Gasteiger partial charge < -0.3 is 4.90 Å². The van der Waals surface area contributed by atoms with Crippen LogP contribution in [0.5, 0.6) is 0 Å². The second-order valence-corrected chi connectivity index (χ2v) is 3.95. The monoisotopic (exact) mass is 235 g/mol. The van der Waals surface area contributed by atoms with E-state index < -0.39 is 0 Å². The molecule has 5 nitrogen and oxygen atoms in total. The first kappa shape index (κ1) is 10.8. The fourth-order valence-electron chi connectivity index (χ4n) is 1.49. The first-order valence-electron chi connectivity index (χ1n) is 4.91. The first-order chi connectivity index (χ1) is 7.68. The summed E-state index contributed by atoms with van der Waals surface area (Å²) in [5.74, 6) is 0.802. The van der Waals surface area contributed by atoms with Crippen molar-refractivity contribution in [1.82, 2.24) is 19.7 Å². The quantitative estimate of drug-likeness (QED) is 0.819. The molecule has 84 valence electrons. The zero-order valence-electron chi connectivity index (χ0n) is 9.21. The van der Waals surface area contributed by atoms with Crippen LogP contribution in [0.25, 0.3) is 0 Å². The van der Waals surface area contributed by atoms with E-state index in [1.807, 2.05) is 41.8 Å². The smallest absolute Gasteiger partial charge is 0.225 e. The molecule has 0 aromatic carbocycles. The Labute approximate surface area is 98.7 Å². The predicted molar refractivity (Wildman–Crippen MR) is 64.7 cm³/mol. The molecule has 0 fully saturated rings. The van der Waals surface area contributed by atoms with E-state index >= 15 is 0 Å². The summed E-state index contributed by atoms with van der Waals surface area (Å²) in [4.78, 5) is 6.26. The van der Waals surface area contributed by atoms with Gasteiger partial charge in [0, 0.05) is 20.3 Å². The van der Waals surface area contributed by atoms with Crippen molar-refractivity contribution in [2.75, 3.05) is 11.9 Å². The molecule has 1 N–H and O–H groups in total. The van der Waals surface area contributed by atoms with Crippen molar-refractivity contribution >= 4 is 18.2 Å². The van der Waals surface area contributed by atoms with Crippen LogP contribution < -0.4 is 4.90 Å². The van der Waals surface area contributed by atoms with Gasteiger partial charge in [0.05, 0.1) is 12.2 Å². The number of nitrogens with one attached hydrogen (secondary N) is 1. The molecule has 0 saturated heterocycles. The lowest BCUT2D eigenvalue weighted by molar-refractivity contribution is 0.788. The second-order valence-electron chi connectivity index (χ2n) is 3.56. The number of hydrogen-bond acceptors (Lipinski definition) is 4. The van der Waals surface area contributed by atoms with E-state index in [4.69, 9.17) is 12.2 Å². The van der Waals surface area contributed by atoms with Gasteiger partial charge in [-0.3, -0.25) is 9.55 Å². The Morgan fingerprint density at radius 2 is 2.31 bits per heavy atom. The van der Waals surface area contributed by atoms with Crippen molar-refractivity contribution in [2.45, 2.75) is 6.54 Å². The lowest BCUT2D eigenvalue weighted by atomic mass is 10.3. The van der Waals surface area contributed by atoms with Gasteiger partial charge in [-0.05, 0) is 24.4 Å². The Bertz CT molecular complexity index is 516. The van der Waals surface area contributed by atoms with E-state index in [1.54, 1.807) is 6.20 Å². The zero-order valence-corrected chi connectivity index (χ0v) is 10.0. The summed E-state index contributed by atoms with van der Waals surface area (Å²) in [5.41, 5.74) is 0.999. The minimum atomic E-state index is 0.614. The van der Waals surface area contributed by atoms with Gasteiger partial charge in [0.15, 0.2) is 4.77 Å². The van der Waals surface area contributed by atoms with Crippen LogP contribution in [-0.2, 0) is 13.6 Å². The van der Waals surface area contributed by atoms with Crippen molar-refractivity contribution < 1.29 is 0 Å². The SMILES string of the molecule is CN(Cc1ccccn1)c1n[nH]c(=S)n1C. The van der Waals surface area contributed by atoms with Crippen LogP contribution in [0, 0.1) is 4.77 Å². The summed E-state index contributed by atoms with van der Waals surface area (Å²) < 4.78 is 2.45. The highest BCUT2D eigenvalue weighted by atomic mass is 32.1. The standard InChI is InChI=1S/C10H13N5S/c1-14(7-8-5-3-4-6-11-8)9-12-13-10(16)15(9)2/h3-6H,7H2,1-2H3,(H,13,16). The van der Waals surface area contributed by atoms with Crippen LogP contribution in [0.1, 0.15) is 5.69 Å². The Morgan fingerprint density at radius 3 is 2.88 bits per heavy atom. The molecule has 6 heteroatoms. The van der Waals surface area contributed by atoms with E-state index in [0.29, 0.717) is 11.3 Å². The molecule has 16 heavy (non-hydrogen) atoms. The topological polar surface area (TPSA) is 49.7 Å². The molecule has 2 heterocycles. The Balaban J connectivity index is 2.18. The normalized spacial score (nSPS) is 10.4. The van der Waals surface area contributed by atoms with Crippen LogP contribution in [0.4, 0.5) is 5.95 Å². The van der Waals surface area contributed by atoms with Crippen molar-refractivity contribution in [2.24, 2.45) is 7.05 Å². The molecule has 0 aliphatic rings. The highest BCUT2D eigenvalue weighted by molar-refractivity contribution is 7.71. The van der Waals surface area contributed by atoms with Gasteiger partial charge in [-0.15, -0.1) is 5.10 Å². The van der Waals surface area contributed by atoms with E-state index in [-0.39, 0.29) is 0 Å². The number of rotatable bonds is 3. The first-order valence-corrected chi connectivity index (χ1v) is 5.32. The largest absolute Gasteiger partial charge is 0.338 e. The number of anilines is 1. The molecule has 0 aliphatic heterocycles. The fourth-order valence-corrected chi connectivity index (χ4v) is 1.61. The van der Waals surface area contributed by atoms with Gasteiger partial charge in [-0.1, -0.05) is 6.07 Å². The number of H-pyrrole nitrogens is 1. The maximum atomic E-state index is 5.06.